The SMILES string of the molecule is NC(=O)CC1CN(S(=O)(=O)c2ccc3cc(Cl)ccc3c2)CC(CC(N)=O)N1C(=O)c1ccc(-c2ccncc2)cc1. The first-order valence-corrected chi connectivity index (χ1v) is 14.9. The van der Waals surface area contributed by atoms with Gasteiger partial charge in [-0.3, -0.25) is 19.4 Å². The highest BCUT2D eigenvalue weighted by atomic mass is 35.5. The summed E-state index contributed by atoms with van der Waals surface area (Å²) in [6.07, 6.45) is 2.72. The molecule has 0 spiro atoms. The summed E-state index contributed by atoms with van der Waals surface area (Å²) in [4.78, 5) is 43.5. The van der Waals surface area contributed by atoms with E-state index in [1.54, 1.807) is 60.9 Å². The molecule has 2 atom stereocenters. The van der Waals surface area contributed by atoms with Crippen LogP contribution in [0.3, 0.4) is 0 Å². The van der Waals surface area contributed by atoms with Gasteiger partial charge in [0, 0.05) is 48.9 Å². The molecule has 0 bridgehead atoms. The number of pyridine rings is 1. The normalized spacial score (nSPS) is 17.7. The Morgan fingerprint density at radius 2 is 1.33 bits per heavy atom. The van der Waals surface area contributed by atoms with Crippen LogP contribution in [0.25, 0.3) is 21.9 Å². The van der Waals surface area contributed by atoms with E-state index < -0.39 is 39.8 Å². The first-order valence-electron chi connectivity index (χ1n) is 13.1. The third kappa shape index (κ3) is 6.13. The minimum Gasteiger partial charge on any atom is -0.370 e. The monoisotopic (exact) mass is 605 g/mol. The number of carbonyl (C=O) groups excluding carboxylic acids is 3. The molecule has 1 aromatic heterocycles. The standard InChI is InChI=1S/C30H28ClN5O5S/c31-24-7-5-23-14-27(8-6-22(23)13-24)42(40,41)35-17-25(15-28(32)37)36(26(18-35)16-29(33)38)30(39)21-3-1-19(2-4-21)20-9-11-34-12-10-20/h1-14,25-26H,15-18H2,(H2,32,37)(H2,33,38). The molecule has 1 saturated heterocycles. The third-order valence-electron chi connectivity index (χ3n) is 7.28. The number of nitrogens with two attached hydrogens (primary N) is 2. The Morgan fingerprint density at radius 1 is 0.786 bits per heavy atom. The summed E-state index contributed by atoms with van der Waals surface area (Å²) in [7, 11) is -4.10. The van der Waals surface area contributed by atoms with Crippen LogP contribution in [0.4, 0.5) is 0 Å². The van der Waals surface area contributed by atoms with Gasteiger partial charge in [0.2, 0.25) is 21.8 Å². The number of piperazine rings is 1. The highest BCUT2D eigenvalue weighted by Crippen LogP contribution is 2.30. The largest absolute Gasteiger partial charge is 0.370 e. The summed E-state index contributed by atoms with van der Waals surface area (Å²) in [5.74, 6) is -1.90. The fraction of sp³-hybridized carbons (Fsp3) is 0.200. The zero-order chi connectivity index (χ0) is 30.0. The van der Waals surface area contributed by atoms with Crippen LogP contribution >= 0.6 is 11.6 Å². The molecule has 5 rings (SSSR count). The van der Waals surface area contributed by atoms with Crippen molar-refractivity contribution in [3.63, 3.8) is 0 Å². The van der Waals surface area contributed by atoms with Gasteiger partial charge in [-0.15, -0.1) is 0 Å². The van der Waals surface area contributed by atoms with E-state index in [-0.39, 0.29) is 30.8 Å². The number of sulfonamides is 1. The Balaban J connectivity index is 1.48. The van der Waals surface area contributed by atoms with Gasteiger partial charge in [-0.05, 0) is 70.4 Å². The van der Waals surface area contributed by atoms with Gasteiger partial charge in [0.05, 0.1) is 17.0 Å². The van der Waals surface area contributed by atoms with Crippen LogP contribution in [0.15, 0.2) is 90.1 Å². The van der Waals surface area contributed by atoms with Crippen LogP contribution in [0.5, 0.6) is 0 Å². The number of amides is 3. The van der Waals surface area contributed by atoms with Crippen LogP contribution in [0, 0.1) is 0 Å². The lowest BCUT2D eigenvalue weighted by Crippen LogP contribution is -2.62. The molecule has 2 unspecified atom stereocenters. The van der Waals surface area contributed by atoms with Crippen LogP contribution in [-0.4, -0.2) is 65.5 Å². The van der Waals surface area contributed by atoms with Crippen LogP contribution in [0.2, 0.25) is 5.02 Å². The quantitative estimate of drug-likeness (QED) is 0.314. The number of fused-ring (bicyclic) bond motifs is 1. The maximum absolute atomic E-state index is 13.9. The maximum Gasteiger partial charge on any atom is 0.254 e. The molecular weight excluding hydrogens is 578 g/mol. The molecule has 0 radical (unpaired) electrons. The molecule has 3 aromatic carbocycles. The lowest BCUT2D eigenvalue weighted by Gasteiger charge is -2.45. The van der Waals surface area contributed by atoms with Gasteiger partial charge in [-0.25, -0.2) is 8.42 Å². The zero-order valence-electron chi connectivity index (χ0n) is 22.4. The number of rotatable bonds is 8. The fourth-order valence-electron chi connectivity index (χ4n) is 5.34. The lowest BCUT2D eigenvalue weighted by molar-refractivity contribution is -0.120. The molecule has 0 saturated carbocycles. The smallest absolute Gasteiger partial charge is 0.254 e. The Bertz CT molecular complexity index is 1740. The summed E-state index contributed by atoms with van der Waals surface area (Å²) in [6, 6.07) is 18.5. The molecule has 4 N–H and O–H groups in total. The Morgan fingerprint density at radius 3 is 1.93 bits per heavy atom. The minimum atomic E-state index is -4.10. The second-order valence-corrected chi connectivity index (χ2v) is 12.5. The predicted octanol–water partition coefficient (Wildman–Crippen LogP) is 3.19. The molecule has 10 nitrogen and oxygen atoms in total. The van der Waals surface area contributed by atoms with E-state index >= 15 is 0 Å². The van der Waals surface area contributed by atoms with Crippen molar-refractivity contribution < 1.29 is 22.8 Å². The van der Waals surface area contributed by atoms with Crippen molar-refractivity contribution in [2.45, 2.75) is 29.8 Å². The van der Waals surface area contributed by atoms with E-state index in [1.165, 1.54) is 21.3 Å². The van der Waals surface area contributed by atoms with Crippen molar-refractivity contribution in [3.05, 3.63) is 95.8 Å². The van der Waals surface area contributed by atoms with Crippen molar-refractivity contribution >= 4 is 50.1 Å². The second-order valence-electron chi connectivity index (χ2n) is 10.1. The average molecular weight is 606 g/mol. The van der Waals surface area contributed by atoms with Gasteiger partial charge >= 0.3 is 0 Å². The van der Waals surface area contributed by atoms with E-state index in [1.807, 2.05) is 12.1 Å². The molecule has 1 aliphatic heterocycles. The zero-order valence-corrected chi connectivity index (χ0v) is 24.0. The Kier molecular flexibility index (Phi) is 8.26. The number of carbonyl (C=O) groups is 3. The van der Waals surface area contributed by atoms with Crippen molar-refractivity contribution in [1.29, 1.82) is 0 Å². The number of hydrogen-bond donors (Lipinski definition) is 2. The molecule has 1 fully saturated rings. The van der Waals surface area contributed by atoms with Crippen molar-refractivity contribution in [2.24, 2.45) is 11.5 Å². The highest BCUT2D eigenvalue weighted by molar-refractivity contribution is 7.89. The maximum atomic E-state index is 13.9. The van der Waals surface area contributed by atoms with Crippen molar-refractivity contribution in [2.75, 3.05) is 13.1 Å². The van der Waals surface area contributed by atoms with Crippen LogP contribution in [0.1, 0.15) is 23.2 Å². The Hall–Kier alpha value is -4.32. The molecule has 42 heavy (non-hydrogen) atoms. The topological polar surface area (TPSA) is 157 Å². The van der Waals surface area contributed by atoms with E-state index in [0.29, 0.717) is 16.0 Å². The van der Waals surface area contributed by atoms with Gasteiger partial charge in [-0.1, -0.05) is 35.9 Å². The molecular formula is C30H28ClN5O5S. The van der Waals surface area contributed by atoms with Gasteiger partial charge < -0.3 is 16.4 Å². The van der Waals surface area contributed by atoms with E-state index in [9.17, 15) is 22.8 Å². The van der Waals surface area contributed by atoms with E-state index in [0.717, 1.165) is 16.5 Å². The number of benzene rings is 3. The Labute approximate surface area is 247 Å². The molecule has 1 aliphatic rings. The summed E-state index contributed by atoms with van der Waals surface area (Å²) < 4.78 is 28.9. The average Bonchev–Trinajstić information content (AvgIpc) is 2.96. The molecule has 0 aliphatic carbocycles. The van der Waals surface area contributed by atoms with Gasteiger partial charge in [0.25, 0.3) is 5.91 Å². The molecule has 3 amide bonds. The van der Waals surface area contributed by atoms with E-state index in [4.69, 9.17) is 23.1 Å². The summed E-state index contributed by atoms with van der Waals surface area (Å²) in [5, 5.41) is 1.96. The molecule has 4 aromatic rings. The summed E-state index contributed by atoms with van der Waals surface area (Å²) in [6.45, 7) is -0.389. The molecule has 2 heterocycles. The lowest BCUT2D eigenvalue weighted by atomic mass is 9.99. The van der Waals surface area contributed by atoms with Crippen LogP contribution < -0.4 is 11.5 Å². The van der Waals surface area contributed by atoms with Crippen LogP contribution in [-0.2, 0) is 19.6 Å². The van der Waals surface area contributed by atoms with Gasteiger partial charge in [0.15, 0.2) is 0 Å². The second kappa shape index (κ2) is 11.9. The number of nitrogens with zero attached hydrogens (tertiary/aromatic N) is 3. The minimum absolute atomic E-state index is 0.0273. The number of primary amides is 2. The van der Waals surface area contributed by atoms with E-state index in [2.05, 4.69) is 4.98 Å². The van der Waals surface area contributed by atoms with Crippen molar-refractivity contribution in [3.8, 4) is 11.1 Å². The number of halogens is 1. The first kappa shape index (κ1) is 29.2. The number of hydrogen-bond acceptors (Lipinski definition) is 6. The molecule has 12 heteroatoms. The third-order valence-corrected chi connectivity index (χ3v) is 9.34. The highest BCUT2D eigenvalue weighted by Gasteiger charge is 2.43. The summed E-state index contributed by atoms with van der Waals surface area (Å²) in [5.41, 5.74) is 13.2. The summed E-state index contributed by atoms with van der Waals surface area (Å²) >= 11 is 6.07. The predicted molar refractivity (Wildman–Crippen MR) is 159 cm³/mol. The van der Waals surface area contributed by atoms with Gasteiger partial charge in [0.1, 0.15) is 0 Å². The number of aromatic nitrogens is 1. The molecule has 216 valence electrons. The fourth-order valence-corrected chi connectivity index (χ4v) is 7.07. The van der Waals surface area contributed by atoms with Gasteiger partial charge in [-0.2, -0.15) is 4.31 Å². The first-order chi connectivity index (χ1) is 20.0. The van der Waals surface area contributed by atoms with Crippen molar-refractivity contribution in [1.82, 2.24) is 14.2 Å².